The lowest BCUT2D eigenvalue weighted by molar-refractivity contribution is 0.0510. The second-order valence-corrected chi connectivity index (χ2v) is 4.59. The molecule has 2 rings (SSSR count). The van der Waals surface area contributed by atoms with E-state index in [-0.39, 0.29) is 0 Å². The van der Waals surface area contributed by atoms with Gasteiger partial charge in [-0.1, -0.05) is 0 Å². The molecule has 0 saturated carbocycles. The lowest BCUT2D eigenvalue weighted by atomic mass is 9.88. The Bertz CT molecular complexity index is 144. The molecular formula is C8H16N2S. The maximum Gasteiger partial charge on any atom is 0.0500 e. The van der Waals surface area contributed by atoms with Crippen LogP contribution in [0.1, 0.15) is 19.8 Å². The molecule has 2 aliphatic rings. The van der Waals surface area contributed by atoms with Crippen molar-refractivity contribution in [3.05, 3.63) is 0 Å². The number of hydrogen-bond donors (Lipinski definition) is 2. The zero-order valence-electron chi connectivity index (χ0n) is 7.01. The first-order valence-electron chi connectivity index (χ1n) is 4.39. The van der Waals surface area contributed by atoms with Crippen molar-refractivity contribution in [2.75, 3.05) is 19.6 Å². The summed E-state index contributed by atoms with van der Waals surface area (Å²) >= 11 is 4.40. The van der Waals surface area contributed by atoms with Crippen molar-refractivity contribution < 1.29 is 0 Å². The molecule has 0 aromatic carbocycles. The van der Waals surface area contributed by atoms with Gasteiger partial charge in [0, 0.05) is 18.6 Å². The number of nitrogens with one attached hydrogen (secondary N) is 1. The van der Waals surface area contributed by atoms with E-state index in [0.717, 1.165) is 0 Å². The summed E-state index contributed by atoms with van der Waals surface area (Å²) in [7, 11) is 0. The first-order chi connectivity index (χ1) is 5.22. The predicted molar refractivity (Wildman–Crippen MR) is 50.0 cm³/mol. The molecular weight excluding hydrogens is 156 g/mol. The van der Waals surface area contributed by atoms with Crippen LogP contribution in [0.15, 0.2) is 0 Å². The van der Waals surface area contributed by atoms with Crippen LogP contribution < -0.4 is 5.32 Å². The number of nitrogens with zero attached hydrogens (tertiary/aromatic N) is 1. The first-order valence-corrected chi connectivity index (χ1v) is 4.91. The van der Waals surface area contributed by atoms with Crippen LogP contribution in [-0.4, -0.2) is 35.4 Å². The highest BCUT2D eigenvalue weighted by molar-refractivity contribution is 7.80. The van der Waals surface area contributed by atoms with Crippen molar-refractivity contribution >= 4 is 12.6 Å². The van der Waals surface area contributed by atoms with Crippen LogP contribution in [0.5, 0.6) is 0 Å². The second kappa shape index (κ2) is 2.64. The molecule has 2 fully saturated rings. The molecule has 0 amide bonds. The molecule has 1 spiro atoms. The summed E-state index contributed by atoms with van der Waals surface area (Å²) in [6, 6.07) is 0. The van der Waals surface area contributed by atoms with Crippen molar-refractivity contribution in [1.82, 2.24) is 10.2 Å². The van der Waals surface area contributed by atoms with E-state index in [4.69, 9.17) is 0 Å². The SMILES string of the molecule is CC(S)N1CC2(CCCN2)C1. The van der Waals surface area contributed by atoms with Gasteiger partial charge in [0.05, 0.1) is 5.37 Å². The van der Waals surface area contributed by atoms with Crippen molar-refractivity contribution in [3.63, 3.8) is 0 Å². The molecule has 1 atom stereocenters. The Labute approximate surface area is 73.7 Å². The average Bonchev–Trinajstić information content (AvgIpc) is 2.29. The number of thiol groups is 1. The monoisotopic (exact) mass is 172 g/mol. The molecule has 2 heterocycles. The smallest absolute Gasteiger partial charge is 0.0500 e. The molecule has 2 aliphatic heterocycles. The van der Waals surface area contributed by atoms with Gasteiger partial charge < -0.3 is 5.32 Å². The summed E-state index contributed by atoms with van der Waals surface area (Å²) < 4.78 is 0. The summed E-state index contributed by atoms with van der Waals surface area (Å²) in [4.78, 5) is 2.40. The highest BCUT2D eigenvalue weighted by Gasteiger charge is 2.45. The fourth-order valence-corrected chi connectivity index (χ4v) is 2.30. The van der Waals surface area contributed by atoms with Crippen molar-refractivity contribution in [2.45, 2.75) is 30.7 Å². The zero-order chi connectivity index (χ0) is 7.90. The Morgan fingerprint density at radius 1 is 1.55 bits per heavy atom. The van der Waals surface area contributed by atoms with E-state index >= 15 is 0 Å². The topological polar surface area (TPSA) is 15.3 Å². The van der Waals surface area contributed by atoms with Gasteiger partial charge in [0.2, 0.25) is 0 Å². The van der Waals surface area contributed by atoms with Gasteiger partial charge in [-0.25, -0.2) is 0 Å². The number of likely N-dealkylation sites (tertiary alicyclic amines) is 1. The Hall–Kier alpha value is 0.270. The van der Waals surface area contributed by atoms with Crippen LogP contribution in [0.4, 0.5) is 0 Å². The molecule has 3 heteroatoms. The highest BCUT2D eigenvalue weighted by Crippen LogP contribution is 2.31. The van der Waals surface area contributed by atoms with Crippen LogP contribution in [-0.2, 0) is 0 Å². The van der Waals surface area contributed by atoms with Crippen molar-refractivity contribution in [3.8, 4) is 0 Å². The molecule has 0 radical (unpaired) electrons. The fourth-order valence-electron chi connectivity index (χ4n) is 2.13. The molecule has 11 heavy (non-hydrogen) atoms. The lowest BCUT2D eigenvalue weighted by Gasteiger charge is -2.50. The van der Waals surface area contributed by atoms with Crippen molar-refractivity contribution in [1.29, 1.82) is 0 Å². The minimum atomic E-state index is 0.433. The Balaban J connectivity index is 1.86. The quantitative estimate of drug-likeness (QED) is 0.566. The number of hydrogen-bond acceptors (Lipinski definition) is 3. The van der Waals surface area contributed by atoms with E-state index in [0.29, 0.717) is 10.9 Å². The lowest BCUT2D eigenvalue weighted by Crippen LogP contribution is -2.67. The van der Waals surface area contributed by atoms with Gasteiger partial charge in [0.15, 0.2) is 0 Å². The second-order valence-electron chi connectivity index (χ2n) is 3.85. The van der Waals surface area contributed by atoms with Gasteiger partial charge in [-0.15, -0.1) is 0 Å². The third-order valence-corrected chi connectivity index (χ3v) is 3.20. The van der Waals surface area contributed by atoms with E-state index in [1.165, 1.54) is 32.5 Å². The van der Waals surface area contributed by atoms with Crippen LogP contribution in [0.3, 0.4) is 0 Å². The summed E-state index contributed by atoms with van der Waals surface area (Å²) in [6.07, 6.45) is 2.72. The Kier molecular flexibility index (Phi) is 1.90. The van der Waals surface area contributed by atoms with E-state index in [2.05, 4.69) is 29.8 Å². The summed E-state index contributed by atoms with van der Waals surface area (Å²) in [5.41, 5.74) is 0.497. The summed E-state index contributed by atoms with van der Waals surface area (Å²) in [5.74, 6) is 0. The predicted octanol–water partition coefficient (Wildman–Crippen LogP) is 0.700. The van der Waals surface area contributed by atoms with Gasteiger partial charge in [-0.05, 0) is 26.3 Å². The number of rotatable bonds is 1. The van der Waals surface area contributed by atoms with Gasteiger partial charge in [0.1, 0.15) is 0 Å². The Morgan fingerprint density at radius 3 is 2.73 bits per heavy atom. The first kappa shape index (κ1) is 7.90. The average molecular weight is 172 g/mol. The largest absolute Gasteiger partial charge is 0.309 e. The summed E-state index contributed by atoms with van der Waals surface area (Å²) in [5, 5.41) is 4.01. The minimum absolute atomic E-state index is 0.433. The molecule has 1 unspecified atom stereocenters. The van der Waals surface area contributed by atoms with E-state index < -0.39 is 0 Å². The van der Waals surface area contributed by atoms with Crippen molar-refractivity contribution in [2.24, 2.45) is 0 Å². The molecule has 1 N–H and O–H groups in total. The molecule has 0 aromatic heterocycles. The molecule has 64 valence electrons. The molecule has 2 saturated heterocycles. The molecule has 0 bridgehead atoms. The standard InChI is InChI=1S/C8H16N2S/c1-7(11)10-5-8(6-10)3-2-4-9-8/h7,9,11H,2-6H2,1H3. The summed E-state index contributed by atoms with van der Waals surface area (Å²) in [6.45, 7) is 5.77. The molecule has 0 aromatic rings. The molecule has 2 nitrogen and oxygen atoms in total. The van der Waals surface area contributed by atoms with Crippen LogP contribution in [0, 0.1) is 0 Å². The Morgan fingerprint density at radius 2 is 2.27 bits per heavy atom. The van der Waals surface area contributed by atoms with Gasteiger partial charge >= 0.3 is 0 Å². The van der Waals surface area contributed by atoms with E-state index in [1.54, 1.807) is 0 Å². The zero-order valence-corrected chi connectivity index (χ0v) is 7.90. The third-order valence-electron chi connectivity index (χ3n) is 2.87. The maximum absolute atomic E-state index is 4.40. The minimum Gasteiger partial charge on any atom is -0.309 e. The van der Waals surface area contributed by atoms with E-state index in [9.17, 15) is 0 Å². The third kappa shape index (κ3) is 1.30. The van der Waals surface area contributed by atoms with Gasteiger partial charge in [0.25, 0.3) is 0 Å². The molecule has 0 aliphatic carbocycles. The van der Waals surface area contributed by atoms with E-state index in [1.807, 2.05) is 0 Å². The maximum atomic E-state index is 4.40. The van der Waals surface area contributed by atoms with Crippen LogP contribution in [0.2, 0.25) is 0 Å². The van der Waals surface area contributed by atoms with Gasteiger partial charge in [-0.3, -0.25) is 4.90 Å². The van der Waals surface area contributed by atoms with Crippen LogP contribution >= 0.6 is 12.6 Å². The highest BCUT2D eigenvalue weighted by atomic mass is 32.1. The fraction of sp³-hybridized carbons (Fsp3) is 1.00. The van der Waals surface area contributed by atoms with Crippen LogP contribution in [0.25, 0.3) is 0 Å². The van der Waals surface area contributed by atoms with Gasteiger partial charge in [-0.2, -0.15) is 12.6 Å². The normalized spacial score (nSPS) is 32.2.